The molecule has 0 bridgehead atoms. The Hall–Kier alpha value is -2.80. The van der Waals surface area contributed by atoms with E-state index < -0.39 is 0 Å². The van der Waals surface area contributed by atoms with Gasteiger partial charge in [0.25, 0.3) is 0 Å². The molecule has 4 aromatic rings. The molecule has 0 spiro atoms. The zero-order valence-corrected chi connectivity index (χ0v) is 17.0. The second kappa shape index (κ2) is 7.22. The van der Waals surface area contributed by atoms with Gasteiger partial charge in [0.1, 0.15) is 5.65 Å². The molecule has 1 aliphatic rings. The molecule has 0 saturated carbocycles. The van der Waals surface area contributed by atoms with Crippen molar-refractivity contribution in [2.45, 2.75) is 32.4 Å². The van der Waals surface area contributed by atoms with E-state index in [-0.39, 0.29) is 11.9 Å². The number of aromatic nitrogens is 5. The normalized spacial score (nSPS) is 20.0. The minimum absolute atomic E-state index is 0.165. The van der Waals surface area contributed by atoms with Crippen LogP contribution < -0.4 is 0 Å². The van der Waals surface area contributed by atoms with Crippen LogP contribution in [0, 0.1) is 5.92 Å². The van der Waals surface area contributed by atoms with Crippen molar-refractivity contribution in [3.05, 3.63) is 48.1 Å². The van der Waals surface area contributed by atoms with Crippen LogP contribution >= 0.6 is 11.6 Å². The molecule has 1 amide bonds. The monoisotopic (exact) mass is 410 g/mol. The van der Waals surface area contributed by atoms with E-state index in [0.29, 0.717) is 23.9 Å². The van der Waals surface area contributed by atoms with Gasteiger partial charge in [0.2, 0.25) is 5.91 Å². The number of aromatic amines is 1. The van der Waals surface area contributed by atoms with E-state index in [1.54, 1.807) is 17.1 Å². The molecule has 1 saturated heterocycles. The lowest BCUT2D eigenvalue weighted by molar-refractivity contribution is -0.133. The summed E-state index contributed by atoms with van der Waals surface area (Å²) in [6.45, 7) is 4.35. The highest BCUT2D eigenvalue weighted by Crippen LogP contribution is 2.33. The number of hydrogen-bond donors (Lipinski definition) is 1. The van der Waals surface area contributed by atoms with Crippen LogP contribution in [0.4, 0.5) is 0 Å². The van der Waals surface area contributed by atoms with E-state index in [0.717, 1.165) is 35.9 Å². The van der Waals surface area contributed by atoms with E-state index in [1.807, 2.05) is 17.3 Å². The number of likely N-dealkylation sites (tertiary alicyclic amines) is 1. The highest BCUT2D eigenvalue weighted by molar-refractivity contribution is 6.30. The number of rotatable bonds is 4. The molecule has 5 rings (SSSR count). The molecular formula is C21H23ClN6O. The third kappa shape index (κ3) is 3.29. The third-order valence-corrected chi connectivity index (χ3v) is 6.24. The number of pyridine rings is 1. The van der Waals surface area contributed by atoms with Crippen molar-refractivity contribution >= 4 is 39.4 Å². The lowest BCUT2D eigenvalue weighted by Gasteiger charge is -2.38. The smallest absolute Gasteiger partial charge is 0.224 e. The molecule has 8 heteroatoms. The van der Waals surface area contributed by atoms with Gasteiger partial charge in [0, 0.05) is 61.6 Å². The molecule has 5 heterocycles. The maximum absolute atomic E-state index is 12.9. The highest BCUT2D eigenvalue weighted by Gasteiger charge is 2.30. The number of hydrogen-bond acceptors (Lipinski definition) is 3. The van der Waals surface area contributed by atoms with E-state index in [2.05, 4.69) is 44.9 Å². The first-order chi connectivity index (χ1) is 14.1. The second-order valence-electron chi connectivity index (χ2n) is 7.87. The zero-order chi connectivity index (χ0) is 20.0. The summed E-state index contributed by atoms with van der Waals surface area (Å²) in [7, 11) is 0. The maximum atomic E-state index is 12.9. The van der Waals surface area contributed by atoms with Crippen LogP contribution in [0.25, 0.3) is 21.9 Å². The van der Waals surface area contributed by atoms with Gasteiger partial charge in [-0.05, 0) is 24.5 Å². The number of amides is 1. The number of H-pyrrole nitrogens is 1. The van der Waals surface area contributed by atoms with Crippen molar-refractivity contribution in [3.8, 4) is 0 Å². The van der Waals surface area contributed by atoms with E-state index in [1.165, 1.54) is 5.52 Å². The molecule has 4 aromatic heterocycles. The summed E-state index contributed by atoms with van der Waals surface area (Å²) in [5.74, 6) is 0.653. The predicted molar refractivity (Wildman–Crippen MR) is 113 cm³/mol. The quantitative estimate of drug-likeness (QED) is 0.555. The molecule has 0 aliphatic carbocycles. The largest absolute Gasteiger partial charge is 0.346 e. The van der Waals surface area contributed by atoms with Crippen LogP contribution in [-0.4, -0.2) is 48.2 Å². The fourth-order valence-corrected chi connectivity index (χ4v) is 4.55. The lowest BCUT2D eigenvalue weighted by Crippen LogP contribution is -2.44. The molecule has 7 nitrogen and oxygen atoms in total. The molecule has 1 aliphatic heterocycles. The fraction of sp³-hybridized carbons (Fsp3) is 0.381. The van der Waals surface area contributed by atoms with Crippen LogP contribution in [0.5, 0.6) is 0 Å². The Kier molecular flexibility index (Phi) is 4.54. The van der Waals surface area contributed by atoms with Gasteiger partial charge in [-0.1, -0.05) is 18.5 Å². The first-order valence-electron chi connectivity index (χ1n) is 9.98. The molecule has 0 unspecified atom stereocenters. The Morgan fingerprint density at radius 2 is 2.24 bits per heavy atom. The van der Waals surface area contributed by atoms with Crippen molar-refractivity contribution in [2.75, 3.05) is 13.1 Å². The number of nitrogens with zero attached hydrogens (tertiary/aromatic N) is 5. The number of fused-ring (bicyclic) bond motifs is 3. The molecule has 2 atom stereocenters. The number of piperidine rings is 1. The van der Waals surface area contributed by atoms with Crippen LogP contribution in [0.3, 0.4) is 0 Å². The fourth-order valence-electron chi connectivity index (χ4n) is 4.40. The molecule has 29 heavy (non-hydrogen) atoms. The molecule has 0 radical (unpaired) electrons. The van der Waals surface area contributed by atoms with E-state index >= 15 is 0 Å². The average Bonchev–Trinajstić information content (AvgIpc) is 3.45. The minimum atomic E-state index is 0.165. The average molecular weight is 411 g/mol. The summed E-state index contributed by atoms with van der Waals surface area (Å²) in [5, 5.41) is 7.00. The molecule has 0 aromatic carbocycles. The predicted octanol–water partition coefficient (Wildman–Crippen LogP) is 3.87. The summed E-state index contributed by atoms with van der Waals surface area (Å²) in [5.41, 5.74) is 2.08. The number of carbonyl (C=O) groups excluding carboxylic acids is 1. The first-order valence-corrected chi connectivity index (χ1v) is 10.4. The highest BCUT2D eigenvalue weighted by atomic mass is 35.5. The van der Waals surface area contributed by atoms with Gasteiger partial charge < -0.3 is 14.5 Å². The van der Waals surface area contributed by atoms with Crippen LogP contribution in [0.1, 0.15) is 25.8 Å². The number of aryl methyl sites for hydroxylation is 1. The Morgan fingerprint density at radius 1 is 1.34 bits per heavy atom. The Morgan fingerprint density at radius 3 is 3.07 bits per heavy atom. The Bertz CT molecular complexity index is 1170. The van der Waals surface area contributed by atoms with E-state index in [4.69, 9.17) is 11.6 Å². The van der Waals surface area contributed by atoms with Gasteiger partial charge in [-0.25, -0.2) is 4.98 Å². The summed E-state index contributed by atoms with van der Waals surface area (Å²) in [4.78, 5) is 22.6. The summed E-state index contributed by atoms with van der Waals surface area (Å²) >= 11 is 5.91. The standard InChI is InChI=1S/C21H23ClN6O/c1-14-3-7-26(19(29)5-8-27-12-16(22)11-25-27)13-18(14)28-9-4-15-10-24-21-17(20(15)28)2-6-23-21/h2,4,6,9-12,14,18H,3,5,7-8,13H2,1H3,(H,23,24)/t14-,18+/m1/s1. The molecule has 1 fully saturated rings. The Balaban J connectivity index is 1.38. The summed E-state index contributed by atoms with van der Waals surface area (Å²) < 4.78 is 4.06. The van der Waals surface area contributed by atoms with Crippen LogP contribution in [0.2, 0.25) is 5.02 Å². The summed E-state index contributed by atoms with van der Waals surface area (Å²) in [6.07, 6.45) is 10.7. The van der Waals surface area contributed by atoms with Crippen molar-refractivity contribution < 1.29 is 4.79 Å². The van der Waals surface area contributed by atoms with Crippen molar-refractivity contribution in [1.29, 1.82) is 0 Å². The van der Waals surface area contributed by atoms with Gasteiger partial charge >= 0.3 is 0 Å². The van der Waals surface area contributed by atoms with Crippen molar-refractivity contribution in [3.63, 3.8) is 0 Å². The van der Waals surface area contributed by atoms with Gasteiger partial charge in [-0.2, -0.15) is 5.10 Å². The van der Waals surface area contributed by atoms with Crippen LogP contribution in [0.15, 0.2) is 43.1 Å². The maximum Gasteiger partial charge on any atom is 0.224 e. The third-order valence-electron chi connectivity index (χ3n) is 6.04. The first kappa shape index (κ1) is 18.2. The van der Waals surface area contributed by atoms with Gasteiger partial charge in [0.15, 0.2) is 0 Å². The number of halogens is 1. The number of nitrogens with one attached hydrogen (secondary N) is 1. The molecule has 1 N–H and O–H groups in total. The second-order valence-corrected chi connectivity index (χ2v) is 8.31. The molecular weight excluding hydrogens is 388 g/mol. The lowest BCUT2D eigenvalue weighted by atomic mass is 9.92. The van der Waals surface area contributed by atoms with Crippen LogP contribution in [-0.2, 0) is 11.3 Å². The van der Waals surface area contributed by atoms with Gasteiger partial charge in [0.05, 0.1) is 22.8 Å². The van der Waals surface area contributed by atoms with Gasteiger partial charge in [-0.15, -0.1) is 0 Å². The molecule has 150 valence electrons. The van der Waals surface area contributed by atoms with Gasteiger partial charge in [-0.3, -0.25) is 9.48 Å². The van der Waals surface area contributed by atoms with Crippen molar-refractivity contribution in [1.82, 2.24) is 29.2 Å². The minimum Gasteiger partial charge on any atom is -0.346 e. The summed E-state index contributed by atoms with van der Waals surface area (Å²) in [6, 6.07) is 4.43. The SMILES string of the molecule is C[C@@H]1CCN(C(=O)CCn2cc(Cl)cn2)C[C@@H]1n1ccc2cnc3[nH]ccc3c21. The number of carbonyl (C=O) groups is 1. The van der Waals surface area contributed by atoms with E-state index in [9.17, 15) is 4.79 Å². The Labute approximate surface area is 173 Å². The van der Waals surface area contributed by atoms with Crippen molar-refractivity contribution in [2.24, 2.45) is 5.92 Å². The zero-order valence-electron chi connectivity index (χ0n) is 16.3. The topological polar surface area (TPSA) is 71.7 Å².